The smallest absolute Gasteiger partial charge is 0.173 e. The van der Waals surface area contributed by atoms with E-state index in [0.29, 0.717) is 18.8 Å². The summed E-state index contributed by atoms with van der Waals surface area (Å²) in [4.78, 5) is 12.3. The maximum Gasteiger partial charge on any atom is 0.173 e. The van der Waals surface area contributed by atoms with Gasteiger partial charge in [-0.15, -0.1) is 0 Å². The molecule has 5 heteroatoms. The van der Waals surface area contributed by atoms with Crippen molar-refractivity contribution in [2.24, 2.45) is 5.92 Å². The number of hydrogen-bond acceptors (Lipinski definition) is 4. The number of nitrogens with one attached hydrogen (secondary N) is 1. The molecule has 0 radical (unpaired) electrons. The van der Waals surface area contributed by atoms with Gasteiger partial charge in [0.05, 0.1) is 30.9 Å². The predicted octanol–water partition coefficient (Wildman–Crippen LogP) is 0.710. The van der Waals surface area contributed by atoms with E-state index in [-0.39, 0.29) is 17.7 Å². The molecular weight excluding hydrogens is 218 g/mol. The summed E-state index contributed by atoms with van der Waals surface area (Å²) in [6, 6.07) is 0.137. The monoisotopic (exact) mass is 237 g/mol. The van der Waals surface area contributed by atoms with Crippen LogP contribution in [0.2, 0.25) is 0 Å². The molecule has 0 aliphatic carbocycles. The lowest BCUT2D eigenvalue weighted by molar-refractivity contribution is 0.0891. The molecule has 1 aromatic heterocycles. The zero-order valence-corrected chi connectivity index (χ0v) is 10.3. The minimum absolute atomic E-state index is 0.0792. The molecule has 2 heterocycles. The van der Waals surface area contributed by atoms with E-state index in [1.807, 2.05) is 20.0 Å². The molecule has 2 atom stereocenters. The van der Waals surface area contributed by atoms with Crippen LogP contribution >= 0.6 is 0 Å². The average molecular weight is 237 g/mol. The van der Waals surface area contributed by atoms with Crippen molar-refractivity contribution in [2.45, 2.75) is 26.4 Å². The third-order valence-electron chi connectivity index (χ3n) is 3.13. The fraction of sp³-hybridized carbons (Fsp3) is 0.667. The number of ether oxygens (including phenoxy) is 1. The second-order valence-electron chi connectivity index (χ2n) is 4.26. The van der Waals surface area contributed by atoms with Crippen molar-refractivity contribution in [3.05, 3.63) is 18.0 Å². The van der Waals surface area contributed by atoms with Crippen LogP contribution in [0.3, 0.4) is 0 Å². The number of aryl methyl sites for hydroxylation is 1. The number of rotatable bonds is 5. The Hall–Kier alpha value is -1.20. The van der Waals surface area contributed by atoms with E-state index in [4.69, 9.17) is 4.74 Å². The fourth-order valence-electron chi connectivity index (χ4n) is 2.15. The van der Waals surface area contributed by atoms with Gasteiger partial charge in [0.2, 0.25) is 0 Å². The van der Waals surface area contributed by atoms with Gasteiger partial charge < -0.3 is 10.1 Å². The van der Waals surface area contributed by atoms with Crippen molar-refractivity contribution < 1.29 is 9.53 Å². The van der Waals surface area contributed by atoms with Gasteiger partial charge in [0, 0.05) is 18.8 Å². The molecule has 94 valence electrons. The first-order valence-electron chi connectivity index (χ1n) is 6.14. The summed E-state index contributed by atoms with van der Waals surface area (Å²) in [5, 5.41) is 7.43. The van der Waals surface area contributed by atoms with E-state index in [2.05, 4.69) is 10.4 Å². The van der Waals surface area contributed by atoms with Gasteiger partial charge in [0.15, 0.2) is 5.78 Å². The quantitative estimate of drug-likeness (QED) is 0.766. The summed E-state index contributed by atoms with van der Waals surface area (Å²) in [5.41, 5.74) is 0.685. The number of aromatic nitrogens is 2. The Balaban J connectivity index is 2.08. The molecule has 1 aliphatic rings. The highest BCUT2D eigenvalue weighted by atomic mass is 16.5. The van der Waals surface area contributed by atoms with Crippen molar-refractivity contribution in [3.63, 3.8) is 0 Å². The molecule has 1 N–H and O–H groups in total. The highest BCUT2D eigenvalue weighted by Gasteiger charge is 2.34. The Kier molecular flexibility index (Phi) is 3.91. The summed E-state index contributed by atoms with van der Waals surface area (Å²) in [7, 11) is 0. The van der Waals surface area contributed by atoms with Crippen LogP contribution in [0, 0.1) is 5.92 Å². The molecule has 1 aliphatic heterocycles. The minimum atomic E-state index is -0.0792. The van der Waals surface area contributed by atoms with E-state index in [9.17, 15) is 4.79 Å². The van der Waals surface area contributed by atoms with E-state index >= 15 is 0 Å². The second-order valence-corrected chi connectivity index (χ2v) is 4.26. The van der Waals surface area contributed by atoms with Crippen LogP contribution in [0.15, 0.2) is 12.4 Å². The Morgan fingerprint density at radius 1 is 1.59 bits per heavy atom. The van der Waals surface area contributed by atoms with Gasteiger partial charge in [-0.1, -0.05) is 6.92 Å². The van der Waals surface area contributed by atoms with Gasteiger partial charge in [-0.2, -0.15) is 5.10 Å². The van der Waals surface area contributed by atoms with Crippen LogP contribution in [0.1, 0.15) is 24.2 Å². The van der Waals surface area contributed by atoms with Gasteiger partial charge in [-0.25, -0.2) is 0 Å². The molecule has 0 amide bonds. The third kappa shape index (κ3) is 2.56. The van der Waals surface area contributed by atoms with Crippen LogP contribution in [-0.2, 0) is 11.3 Å². The summed E-state index contributed by atoms with van der Waals surface area (Å²) in [5.74, 6) is 0.0533. The van der Waals surface area contributed by atoms with E-state index in [0.717, 1.165) is 13.1 Å². The molecular formula is C12H19N3O2. The summed E-state index contributed by atoms with van der Waals surface area (Å²) in [6.07, 6.45) is 3.46. The SMILES string of the molecule is CCNC1COCC1C(=O)c1cnn(CC)c1. The van der Waals surface area contributed by atoms with Gasteiger partial charge >= 0.3 is 0 Å². The number of ketones is 1. The minimum Gasteiger partial charge on any atom is -0.379 e. The van der Waals surface area contributed by atoms with Crippen LogP contribution in [-0.4, -0.2) is 41.4 Å². The van der Waals surface area contributed by atoms with Crippen molar-refractivity contribution in [2.75, 3.05) is 19.8 Å². The Morgan fingerprint density at radius 2 is 2.41 bits per heavy atom. The molecule has 1 fully saturated rings. The molecule has 5 nitrogen and oxygen atoms in total. The highest BCUT2D eigenvalue weighted by molar-refractivity contribution is 5.98. The van der Waals surface area contributed by atoms with Crippen molar-refractivity contribution in [1.29, 1.82) is 0 Å². The topological polar surface area (TPSA) is 56.1 Å². The van der Waals surface area contributed by atoms with Crippen molar-refractivity contribution >= 4 is 5.78 Å². The molecule has 2 rings (SSSR count). The molecule has 0 aromatic carbocycles. The predicted molar refractivity (Wildman–Crippen MR) is 64.0 cm³/mol. The molecule has 1 aromatic rings. The number of carbonyl (C=O) groups excluding carboxylic acids is 1. The molecule has 2 unspecified atom stereocenters. The lowest BCUT2D eigenvalue weighted by Gasteiger charge is -2.16. The van der Waals surface area contributed by atoms with Crippen LogP contribution < -0.4 is 5.32 Å². The molecule has 1 saturated heterocycles. The third-order valence-corrected chi connectivity index (χ3v) is 3.13. The Labute approximate surface area is 101 Å². The summed E-state index contributed by atoms with van der Waals surface area (Å²) in [6.45, 7) is 6.80. The molecule has 17 heavy (non-hydrogen) atoms. The summed E-state index contributed by atoms with van der Waals surface area (Å²) < 4.78 is 7.16. The first kappa shape index (κ1) is 12.3. The number of nitrogens with zero attached hydrogens (tertiary/aromatic N) is 2. The lowest BCUT2D eigenvalue weighted by atomic mass is 9.95. The van der Waals surface area contributed by atoms with Gasteiger partial charge in [0.1, 0.15) is 0 Å². The number of hydrogen-bond donors (Lipinski definition) is 1. The van der Waals surface area contributed by atoms with E-state index in [1.165, 1.54) is 0 Å². The maximum absolute atomic E-state index is 12.3. The van der Waals surface area contributed by atoms with Gasteiger partial charge in [-0.3, -0.25) is 9.48 Å². The van der Waals surface area contributed by atoms with E-state index < -0.39 is 0 Å². The first-order valence-corrected chi connectivity index (χ1v) is 6.14. The zero-order chi connectivity index (χ0) is 12.3. The molecule has 0 spiro atoms. The number of Topliss-reactive ketones (excluding diaryl/α,β-unsaturated/α-hetero) is 1. The largest absolute Gasteiger partial charge is 0.379 e. The Bertz CT molecular complexity index is 389. The number of likely N-dealkylation sites (N-methyl/N-ethyl adjacent to an activating group) is 1. The normalized spacial score (nSPS) is 24.1. The van der Waals surface area contributed by atoms with Crippen LogP contribution in [0.5, 0.6) is 0 Å². The van der Waals surface area contributed by atoms with E-state index in [1.54, 1.807) is 10.9 Å². The van der Waals surface area contributed by atoms with Crippen molar-refractivity contribution in [3.8, 4) is 0 Å². The van der Waals surface area contributed by atoms with Gasteiger partial charge in [-0.05, 0) is 13.5 Å². The summed E-state index contributed by atoms with van der Waals surface area (Å²) >= 11 is 0. The Morgan fingerprint density at radius 3 is 3.06 bits per heavy atom. The standard InChI is InChI=1S/C12H19N3O2/c1-3-13-11-8-17-7-10(11)12(16)9-5-14-15(4-2)6-9/h5-6,10-11,13H,3-4,7-8H2,1-2H3. The van der Waals surface area contributed by atoms with Crippen LogP contribution in [0.25, 0.3) is 0 Å². The zero-order valence-electron chi connectivity index (χ0n) is 10.3. The maximum atomic E-state index is 12.3. The second kappa shape index (κ2) is 5.42. The fourth-order valence-corrected chi connectivity index (χ4v) is 2.15. The number of carbonyl (C=O) groups is 1. The highest BCUT2D eigenvalue weighted by Crippen LogP contribution is 2.19. The first-order chi connectivity index (χ1) is 8.26. The van der Waals surface area contributed by atoms with Crippen LogP contribution in [0.4, 0.5) is 0 Å². The van der Waals surface area contributed by atoms with Crippen molar-refractivity contribution in [1.82, 2.24) is 15.1 Å². The average Bonchev–Trinajstić information content (AvgIpc) is 2.97. The lowest BCUT2D eigenvalue weighted by Crippen LogP contribution is -2.39. The molecule has 0 bridgehead atoms. The molecule has 0 saturated carbocycles. The van der Waals surface area contributed by atoms with Gasteiger partial charge in [0.25, 0.3) is 0 Å².